The molecule has 1 aliphatic rings. The first-order chi connectivity index (χ1) is 12.7. The number of benzene rings is 1. The lowest BCUT2D eigenvalue weighted by Crippen LogP contribution is -2.32. The van der Waals surface area contributed by atoms with Crippen LogP contribution in [0, 0.1) is 5.82 Å². The van der Waals surface area contributed by atoms with E-state index in [2.05, 4.69) is 26.3 Å². The summed E-state index contributed by atoms with van der Waals surface area (Å²) in [7, 11) is 0. The molecule has 26 heavy (non-hydrogen) atoms. The number of aromatic hydroxyl groups is 1. The van der Waals surface area contributed by atoms with Gasteiger partial charge in [0, 0.05) is 12.7 Å². The van der Waals surface area contributed by atoms with E-state index in [0.29, 0.717) is 18.2 Å². The van der Waals surface area contributed by atoms with Crippen molar-refractivity contribution in [2.75, 3.05) is 13.1 Å². The third-order valence-corrected chi connectivity index (χ3v) is 4.81. The monoisotopic (exact) mass is 353 g/mol. The normalized spacial score (nSPS) is 16.0. The van der Waals surface area contributed by atoms with E-state index in [1.54, 1.807) is 18.3 Å². The highest BCUT2D eigenvalue weighted by Gasteiger charge is 2.21. The van der Waals surface area contributed by atoms with Crippen molar-refractivity contribution in [3.63, 3.8) is 0 Å². The fraction of sp³-hybridized carbons (Fsp3) is 0.316. The van der Waals surface area contributed by atoms with E-state index in [4.69, 9.17) is 0 Å². The lowest BCUT2D eigenvalue weighted by molar-refractivity contribution is 0.202. The van der Waals surface area contributed by atoms with Crippen molar-refractivity contribution in [1.82, 2.24) is 24.9 Å². The molecule has 4 rings (SSSR count). The molecule has 1 aromatic carbocycles. The molecule has 0 unspecified atom stereocenters. The van der Waals surface area contributed by atoms with Crippen LogP contribution in [0.4, 0.5) is 4.39 Å². The highest BCUT2D eigenvalue weighted by molar-refractivity contribution is 5.30. The molecule has 0 amide bonds. The highest BCUT2D eigenvalue weighted by atomic mass is 19.1. The number of hydrogen-bond donors (Lipinski definition) is 1. The predicted octanol–water partition coefficient (Wildman–Crippen LogP) is 2.89. The number of phenols is 1. The molecule has 7 heteroatoms. The molecule has 1 N–H and O–H groups in total. The zero-order valence-electron chi connectivity index (χ0n) is 14.3. The molecule has 0 spiro atoms. The molecular formula is C19H20FN5O. The lowest BCUT2D eigenvalue weighted by atomic mass is 9.89. The Balaban J connectivity index is 1.37. The molecule has 0 bridgehead atoms. The third-order valence-electron chi connectivity index (χ3n) is 4.81. The minimum Gasteiger partial charge on any atom is -0.508 e. The second kappa shape index (κ2) is 7.21. The van der Waals surface area contributed by atoms with E-state index in [1.807, 2.05) is 12.1 Å². The quantitative estimate of drug-likeness (QED) is 0.781. The zero-order chi connectivity index (χ0) is 17.9. The van der Waals surface area contributed by atoms with Crippen LogP contribution in [-0.2, 0) is 6.54 Å². The molecule has 3 aromatic rings. The van der Waals surface area contributed by atoms with Gasteiger partial charge in [-0.05, 0) is 61.7 Å². The Hall–Kier alpha value is -2.80. The number of hydrogen-bond acceptors (Lipinski definition) is 5. The summed E-state index contributed by atoms with van der Waals surface area (Å²) >= 11 is 0. The van der Waals surface area contributed by atoms with Gasteiger partial charge in [0.25, 0.3) is 0 Å². The smallest absolute Gasteiger partial charge is 0.191 e. The average molecular weight is 353 g/mol. The van der Waals surface area contributed by atoms with Gasteiger partial charge in [-0.1, -0.05) is 17.3 Å². The standard InChI is InChI=1S/C19H20FN5O/c20-18-5-2-8-21-19(18)25-13-16(22-23-25)12-24-9-6-14(7-10-24)15-3-1-4-17(26)11-15/h1-5,8,11,13-14,26H,6-7,9-10,12H2. The van der Waals surface area contributed by atoms with Crippen LogP contribution >= 0.6 is 0 Å². The van der Waals surface area contributed by atoms with E-state index in [9.17, 15) is 9.50 Å². The number of pyridine rings is 1. The molecule has 1 aliphatic heterocycles. The third kappa shape index (κ3) is 3.57. The molecule has 2 aromatic heterocycles. The van der Waals surface area contributed by atoms with Crippen molar-refractivity contribution in [2.24, 2.45) is 0 Å². The van der Waals surface area contributed by atoms with Crippen LogP contribution in [0.25, 0.3) is 5.82 Å². The van der Waals surface area contributed by atoms with E-state index >= 15 is 0 Å². The number of likely N-dealkylation sites (tertiary alicyclic amines) is 1. The highest BCUT2D eigenvalue weighted by Crippen LogP contribution is 2.30. The van der Waals surface area contributed by atoms with Crippen LogP contribution in [0.15, 0.2) is 48.8 Å². The zero-order valence-corrected chi connectivity index (χ0v) is 14.3. The predicted molar refractivity (Wildman–Crippen MR) is 94.5 cm³/mol. The first kappa shape index (κ1) is 16.7. The number of aromatic nitrogens is 4. The van der Waals surface area contributed by atoms with Crippen molar-refractivity contribution < 1.29 is 9.50 Å². The number of phenolic OH excluding ortho intramolecular Hbond substituents is 1. The summed E-state index contributed by atoms with van der Waals surface area (Å²) < 4.78 is 15.2. The summed E-state index contributed by atoms with van der Waals surface area (Å²) in [5.74, 6) is 0.532. The summed E-state index contributed by atoms with van der Waals surface area (Å²) in [5, 5.41) is 17.8. The van der Waals surface area contributed by atoms with Gasteiger partial charge in [0.1, 0.15) is 5.75 Å². The second-order valence-electron chi connectivity index (χ2n) is 6.61. The van der Waals surface area contributed by atoms with Gasteiger partial charge in [-0.15, -0.1) is 5.10 Å². The minimum absolute atomic E-state index is 0.161. The molecule has 3 heterocycles. The van der Waals surface area contributed by atoms with Crippen LogP contribution < -0.4 is 0 Å². The average Bonchev–Trinajstić information content (AvgIpc) is 3.11. The Bertz CT molecular complexity index is 889. The molecular weight excluding hydrogens is 333 g/mol. The summed E-state index contributed by atoms with van der Waals surface area (Å²) in [5.41, 5.74) is 1.99. The molecule has 0 aliphatic carbocycles. The molecule has 1 saturated heterocycles. The molecule has 134 valence electrons. The Kier molecular flexibility index (Phi) is 4.62. The molecule has 6 nitrogen and oxygen atoms in total. The van der Waals surface area contributed by atoms with Crippen molar-refractivity contribution in [3.8, 4) is 11.6 Å². The minimum atomic E-state index is -0.420. The summed E-state index contributed by atoms with van der Waals surface area (Å²) in [6.07, 6.45) is 5.33. The number of piperidine rings is 1. The SMILES string of the molecule is Oc1cccc(C2CCN(Cc3cn(-c4ncccc4F)nn3)CC2)c1. The van der Waals surface area contributed by atoms with Crippen molar-refractivity contribution in [2.45, 2.75) is 25.3 Å². The fourth-order valence-electron chi connectivity index (χ4n) is 3.45. The maximum atomic E-state index is 13.8. The first-order valence-corrected chi connectivity index (χ1v) is 8.72. The number of nitrogens with zero attached hydrogens (tertiary/aromatic N) is 5. The Morgan fingerprint density at radius 3 is 2.77 bits per heavy atom. The van der Waals surface area contributed by atoms with Gasteiger partial charge in [-0.3, -0.25) is 4.90 Å². The van der Waals surface area contributed by atoms with Crippen LogP contribution in [0.1, 0.15) is 30.0 Å². The van der Waals surface area contributed by atoms with Gasteiger partial charge in [-0.2, -0.15) is 4.68 Å². The van der Waals surface area contributed by atoms with Crippen molar-refractivity contribution in [1.29, 1.82) is 0 Å². The van der Waals surface area contributed by atoms with Crippen molar-refractivity contribution in [3.05, 3.63) is 65.9 Å². The molecule has 1 fully saturated rings. The Labute approximate surface area is 150 Å². The molecule has 0 radical (unpaired) electrons. The molecule has 0 atom stereocenters. The van der Waals surface area contributed by atoms with Gasteiger partial charge in [0.2, 0.25) is 0 Å². The first-order valence-electron chi connectivity index (χ1n) is 8.72. The maximum absolute atomic E-state index is 13.8. The maximum Gasteiger partial charge on any atom is 0.191 e. The summed E-state index contributed by atoms with van der Waals surface area (Å²) in [6, 6.07) is 10.4. The Morgan fingerprint density at radius 2 is 2.00 bits per heavy atom. The topological polar surface area (TPSA) is 67.1 Å². The van der Waals surface area contributed by atoms with Crippen LogP contribution in [0.2, 0.25) is 0 Å². The van der Waals surface area contributed by atoms with Crippen LogP contribution in [0.5, 0.6) is 5.75 Å². The van der Waals surface area contributed by atoms with Gasteiger partial charge in [-0.25, -0.2) is 9.37 Å². The van der Waals surface area contributed by atoms with Crippen molar-refractivity contribution >= 4 is 0 Å². The van der Waals surface area contributed by atoms with Gasteiger partial charge in [0.05, 0.1) is 11.9 Å². The lowest BCUT2D eigenvalue weighted by Gasteiger charge is -2.31. The summed E-state index contributed by atoms with van der Waals surface area (Å²) in [4.78, 5) is 6.33. The number of rotatable bonds is 4. The van der Waals surface area contributed by atoms with Crippen LogP contribution in [0.3, 0.4) is 0 Å². The largest absolute Gasteiger partial charge is 0.508 e. The summed E-state index contributed by atoms with van der Waals surface area (Å²) in [6.45, 7) is 2.58. The van der Waals surface area contributed by atoms with E-state index in [-0.39, 0.29) is 5.82 Å². The van der Waals surface area contributed by atoms with Gasteiger partial charge in [0.15, 0.2) is 11.6 Å². The van der Waals surface area contributed by atoms with Crippen LogP contribution in [-0.4, -0.2) is 43.1 Å². The fourth-order valence-corrected chi connectivity index (χ4v) is 3.45. The van der Waals surface area contributed by atoms with E-state index in [1.165, 1.54) is 22.5 Å². The van der Waals surface area contributed by atoms with E-state index < -0.39 is 5.82 Å². The van der Waals surface area contributed by atoms with E-state index in [0.717, 1.165) is 31.6 Å². The molecule has 0 saturated carbocycles. The number of halogens is 1. The van der Waals surface area contributed by atoms with Gasteiger partial charge < -0.3 is 5.11 Å². The second-order valence-corrected chi connectivity index (χ2v) is 6.61. The van der Waals surface area contributed by atoms with Gasteiger partial charge >= 0.3 is 0 Å². The Morgan fingerprint density at radius 1 is 1.15 bits per heavy atom.